The number of carboxylic acid groups (broad SMARTS) is 1. The van der Waals surface area contributed by atoms with Crippen molar-refractivity contribution in [2.75, 3.05) is 12.4 Å². The molecule has 10 heteroatoms. The van der Waals surface area contributed by atoms with E-state index in [0.29, 0.717) is 31.5 Å². The molecule has 0 bridgehead atoms. The SMILES string of the molecule is CC(C)C[C@@H]1C(=O)N(NC(=O)[C@@H](Cc2ccccc2)NC(=O)CCCc2cc(N)cc(C(=O)O)c2)CN1Cc1ccccc1. The highest BCUT2D eigenvalue weighted by molar-refractivity contribution is 5.91. The average Bonchev–Trinajstić information content (AvgIpc) is 3.25. The minimum atomic E-state index is -1.07. The van der Waals surface area contributed by atoms with Crippen molar-refractivity contribution >= 4 is 29.4 Å². The van der Waals surface area contributed by atoms with Crippen molar-refractivity contribution in [3.8, 4) is 0 Å². The Morgan fingerprint density at radius 2 is 1.61 bits per heavy atom. The van der Waals surface area contributed by atoms with E-state index in [9.17, 15) is 24.3 Å². The third kappa shape index (κ3) is 9.15. The standard InChI is InChI=1S/C34H41N5O5/c1-23(2)16-30-33(42)39(22-38(30)21-25-12-7-4-8-13-25)37-32(41)29(19-24-10-5-3-6-11-24)36-31(40)15-9-14-26-17-27(34(43)44)20-28(35)18-26/h3-8,10-13,17-18,20,23,29-30H,9,14-16,19,21-22,35H2,1-2H3,(H,36,40)(H,37,41)(H,43,44)/t29-,30-/m1/s1. The second-order valence-corrected chi connectivity index (χ2v) is 11.7. The molecular weight excluding hydrogens is 558 g/mol. The van der Waals surface area contributed by atoms with E-state index in [1.165, 1.54) is 11.1 Å². The van der Waals surface area contributed by atoms with E-state index in [1.54, 1.807) is 12.1 Å². The number of carbonyl (C=O) groups excluding carboxylic acids is 3. The lowest BCUT2D eigenvalue weighted by Gasteiger charge is -2.24. The molecule has 3 aromatic carbocycles. The second kappa shape index (κ2) is 15.2. The molecule has 1 saturated heterocycles. The average molecular weight is 600 g/mol. The molecule has 3 amide bonds. The normalized spacial score (nSPS) is 15.8. The number of benzene rings is 3. The van der Waals surface area contributed by atoms with Gasteiger partial charge in [-0.1, -0.05) is 74.5 Å². The van der Waals surface area contributed by atoms with Gasteiger partial charge in [-0.3, -0.25) is 24.7 Å². The van der Waals surface area contributed by atoms with Crippen molar-refractivity contribution in [3.63, 3.8) is 0 Å². The third-order valence-corrected chi connectivity index (χ3v) is 7.55. The summed E-state index contributed by atoms with van der Waals surface area (Å²) in [6.07, 6.45) is 1.92. The van der Waals surface area contributed by atoms with E-state index in [1.807, 2.05) is 60.7 Å². The predicted molar refractivity (Wildman–Crippen MR) is 168 cm³/mol. The molecule has 0 unspecified atom stereocenters. The second-order valence-electron chi connectivity index (χ2n) is 11.7. The first-order chi connectivity index (χ1) is 21.1. The summed E-state index contributed by atoms with van der Waals surface area (Å²) in [5.41, 5.74) is 11.7. The molecule has 10 nitrogen and oxygen atoms in total. The fourth-order valence-corrected chi connectivity index (χ4v) is 5.43. The number of nitrogens with zero attached hydrogens (tertiary/aromatic N) is 2. The van der Waals surface area contributed by atoms with Gasteiger partial charge in [0.05, 0.1) is 18.3 Å². The number of nitrogens with two attached hydrogens (primary N) is 1. The number of amides is 3. The number of carboxylic acids is 1. The number of rotatable bonds is 14. The van der Waals surface area contributed by atoms with E-state index in [4.69, 9.17) is 5.73 Å². The van der Waals surface area contributed by atoms with E-state index in [-0.39, 0.29) is 48.8 Å². The quantitative estimate of drug-likeness (QED) is 0.207. The minimum Gasteiger partial charge on any atom is -0.478 e. The van der Waals surface area contributed by atoms with E-state index in [2.05, 4.69) is 29.5 Å². The Bertz CT molecular complexity index is 1450. The molecule has 2 atom stereocenters. The van der Waals surface area contributed by atoms with Crippen molar-refractivity contribution in [1.29, 1.82) is 0 Å². The topological polar surface area (TPSA) is 145 Å². The molecule has 3 aromatic rings. The molecule has 0 radical (unpaired) electrons. The number of anilines is 1. The summed E-state index contributed by atoms with van der Waals surface area (Å²) in [6, 6.07) is 22.6. The van der Waals surface area contributed by atoms with Gasteiger partial charge < -0.3 is 16.2 Å². The molecule has 0 saturated carbocycles. The molecule has 1 fully saturated rings. The summed E-state index contributed by atoms with van der Waals surface area (Å²) in [5.74, 6) is -1.75. The van der Waals surface area contributed by atoms with Gasteiger partial charge in [0.2, 0.25) is 5.91 Å². The van der Waals surface area contributed by atoms with Gasteiger partial charge in [-0.15, -0.1) is 0 Å². The lowest BCUT2D eigenvalue weighted by atomic mass is 10.0. The van der Waals surface area contributed by atoms with Crippen molar-refractivity contribution in [3.05, 3.63) is 101 Å². The smallest absolute Gasteiger partial charge is 0.335 e. The molecule has 232 valence electrons. The Morgan fingerprint density at radius 1 is 0.955 bits per heavy atom. The van der Waals surface area contributed by atoms with Gasteiger partial charge in [0.15, 0.2) is 0 Å². The van der Waals surface area contributed by atoms with Crippen LogP contribution >= 0.6 is 0 Å². The van der Waals surface area contributed by atoms with Gasteiger partial charge in [-0.05, 0) is 60.1 Å². The minimum absolute atomic E-state index is 0.0958. The maximum atomic E-state index is 13.6. The molecular formula is C34H41N5O5. The van der Waals surface area contributed by atoms with Crippen LogP contribution in [0.15, 0.2) is 78.9 Å². The van der Waals surface area contributed by atoms with Crippen LogP contribution in [-0.2, 0) is 33.8 Å². The Hall–Kier alpha value is -4.70. The molecule has 0 aliphatic carbocycles. The molecule has 1 heterocycles. The first-order valence-electron chi connectivity index (χ1n) is 14.9. The molecule has 0 spiro atoms. The summed E-state index contributed by atoms with van der Waals surface area (Å²) in [6.45, 7) is 4.94. The first kappa shape index (κ1) is 32.2. The van der Waals surface area contributed by atoms with Crippen LogP contribution in [0.25, 0.3) is 0 Å². The zero-order valence-corrected chi connectivity index (χ0v) is 25.2. The lowest BCUT2D eigenvalue weighted by molar-refractivity contribution is -0.140. The van der Waals surface area contributed by atoms with Crippen molar-refractivity contribution in [2.24, 2.45) is 5.92 Å². The fourth-order valence-electron chi connectivity index (χ4n) is 5.43. The summed E-state index contributed by atoms with van der Waals surface area (Å²) >= 11 is 0. The Kier molecular flexibility index (Phi) is 11.1. The maximum Gasteiger partial charge on any atom is 0.335 e. The van der Waals surface area contributed by atoms with Gasteiger partial charge in [-0.2, -0.15) is 0 Å². The monoisotopic (exact) mass is 599 g/mol. The Morgan fingerprint density at radius 3 is 2.25 bits per heavy atom. The van der Waals surface area contributed by atoms with Crippen LogP contribution in [-0.4, -0.2) is 57.5 Å². The highest BCUT2D eigenvalue weighted by Gasteiger charge is 2.40. The largest absolute Gasteiger partial charge is 0.478 e. The van der Waals surface area contributed by atoms with Crippen LogP contribution < -0.4 is 16.5 Å². The Balaban J connectivity index is 1.42. The molecule has 1 aliphatic heterocycles. The van der Waals surface area contributed by atoms with Crippen LogP contribution in [0.4, 0.5) is 5.69 Å². The first-order valence-corrected chi connectivity index (χ1v) is 14.9. The molecule has 0 aromatic heterocycles. The van der Waals surface area contributed by atoms with E-state index >= 15 is 0 Å². The van der Waals surface area contributed by atoms with Crippen LogP contribution in [0.5, 0.6) is 0 Å². The highest BCUT2D eigenvalue weighted by atomic mass is 16.4. The van der Waals surface area contributed by atoms with Crippen LogP contribution in [0.1, 0.15) is 60.2 Å². The Labute approximate surface area is 258 Å². The summed E-state index contributed by atoms with van der Waals surface area (Å²) < 4.78 is 0. The van der Waals surface area contributed by atoms with Crippen molar-refractivity contribution in [2.45, 2.75) is 64.6 Å². The third-order valence-electron chi connectivity index (χ3n) is 7.55. The zero-order valence-electron chi connectivity index (χ0n) is 25.2. The van der Waals surface area contributed by atoms with Crippen LogP contribution in [0, 0.1) is 5.92 Å². The molecule has 5 N–H and O–H groups in total. The number of aromatic carboxylic acids is 1. The number of hydrogen-bond acceptors (Lipinski definition) is 6. The number of hydrogen-bond donors (Lipinski definition) is 4. The van der Waals surface area contributed by atoms with Crippen molar-refractivity contribution < 1.29 is 24.3 Å². The zero-order chi connectivity index (χ0) is 31.6. The van der Waals surface area contributed by atoms with Crippen LogP contribution in [0.3, 0.4) is 0 Å². The van der Waals surface area contributed by atoms with Gasteiger partial charge in [-0.25, -0.2) is 9.80 Å². The molecule has 44 heavy (non-hydrogen) atoms. The number of nitrogen functional groups attached to an aromatic ring is 1. The van der Waals surface area contributed by atoms with Gasteiger partial charge in [0, 0.05) is 25.1 Å². The fraction of sp³-hybridized carbons (Fsp3) is 0.353. The highest BCUT2D eigenvalue weighted by Crippen LogP contribution is 2.23. The van der Waals surface area contributed by atoms with Gasteiger partial charge in [0.1, 0.15) is 6.04 Å². The predicted octanol–water partition coefficient (Wildman–Crippen LogP) is 3.77. The molecule has 1 aliphatic rings. The summed E-state index contributed by atoms with van der Waals surface area (Å²) in [7, 11) is 0. The van der Waals surface area contributed by atoms with E-state index < -0.39 is 17.9 Å². The van der Waals surface area contributed by atoms with Gasteiger partial charge >= 0.3 is 5.97 Å². The maximum absolute atomic E-state index is 13.6. The number of nitrogens with one attached hydrogen (secondary N) is 2. The van der Waals surface area contributed by atoms with Crippen molar-refractivity contribution in [1.82, 2.24) is 20.7 Å². The number of hydrazine groups is 1. The van der Waals surface area contributed by atoms with E-state index in [0.717, 1.165) is 16.7 Å². The summed E-state index contributed by atoms with van der Waals surface area (Å²) in [5, 5.41) is 13.5. The molecule has 4 rings (SSSR count). The number of aryl methyl sites for hydroxylation is 1. The lowest BCUT2D eigenvalue weighted by Crippen LogP contribution is -2.54. The van der Waals surface area contributed by atoms with Crippen LogP contribution in [0.2, 0.25) is 0 Å². The summed E-state index contributed by atoms with van der Waals surface area (Å²) in [4.78, 5) is 53.5. The number of carbonyl (C=O) groups is 4. The van der Waals surface area contributed by atoms with Gasteiger partial charge in [0.25, 0.3) is 11.8 Å².